The Kier molecular flexibility index (Phi) is 10.2. The number of nitrogens with two attached hydrogens (primary N) is 3. The maximum absolute atomic E-state index is 14.8. The van der Waals surface area contributed by atoms with Crippen molar-refractivity contribution >= 4 is 42.6 Å². The van der Waals surface area contributed by atoms with Crippen LogP contribution >= 0.6 is 0 Å². The molecule has 0 amide bonds. The second-order valence-corrected chi connectivity index (χ2v) is 15.6. The molecule has 1 aliphatic rings. The number of nitrogen functional groups attached to an aromatic ring is 1. The molecule has 3 aromatic carbocycles. The summed E-state index contributed by atoms with van der Waals surface area (Å²) in [7, 11) is -6.43. The van der Waals surface area contributed by atoms with Crippen molar-refractivity contribution in [1.82, 2.24) is 34.9 Å². The molecule has 1 aliphatic carbocycles. The number of tetrazole rings is 1. The van der Waals surface area contributed by atoms with Crippen LogP contribution in [0.2, 0.25) is 0 Å². The Hall–Kier alpha value is -5.18. The fourth-order valence-electron chi connectivity index (χ4n) is 6.46. The van der Waals surface area contributed by atoms with Crippen molar-refractivity contribution in [3.63, 3.8) is 0 Å². The predicted octanol–water partition coefficient (Wildman–Crippen LogP) is 0.902. The molecule has 0 saturated carbocycles. The van der Waals surface area contributed by atoms with Crippen LogP contribution in [0.25, 0.3) is 16.6 Å². The Morgan fingerprint density at radius 3 is 2.25 bits per heavy atom. The Labute approximate surface area is 299 Å². The van der Waals surface area contributed by atoms with E-state index in [1.165, 1.54) is 18.0 Å². The van der Waals surface area contributed by atoms with Crippen LogP contribution in [-0.2, 0) is 38.6 Å². The maximum atomic E-state index is 14.8. The second-order valence-electron chi connectivity index (χ2n) is 12.2. The number of aliphatic hydroxyl groups is 1. The second kappa shape index (κ2) is 14.4. The molecule has 0 spiro atoms. The van der Waals surface area contributed by atoms with Gasteiger partial charge in [0.15, 0.2) is 11.8 Å². The van der Waals surface area contributed by atoms with Crippen molar-refractivity contribution < 1.29 is 31.4 Å². The van der Waals surface area contributed by atoms with Crippen molar-refractivity contribution in [3.8, 4) is 11.5 Å². The number of ether oxygens (including phenoxy) is 2. The predicted molar refractivity (Wildman–Crippen MR) is 193 cm³/mol. The lowest BCUT2D eigenvalue weighted by Gasteiger charge is -2.43. The van der Waals surface area contributed by atoms with Gasteiger partial charge in [-0.25, -0.2) is 31.7 Å². The molecule has 0 bridgehead atoms. The van der Waals surface area contributed by atoms with Gasteiger partial charge in [0.1, 0.15) is 16.7 Å². The number of aromatic nitrogens is 6. The first-order valence-electron chi connectivity index (χ1n) is 15.9. The Balaban J connectivity index is 1.59. The van der Waals surface area contributed by atoms with Crippen molar-refractivity contribution in [2.75, 3.05) is 26.6 Å². The molecule has 6 rings (SSSR count). The molecule has 52 heavy (non-hydrogen) atoms. The van der Waals surface area contributed by atoms with Gasteiger partial charge in [-0.05, 0) is 64.7 Å². The fourth-order valence-corrected chi connectivity index (χ4v) is 9.78. The number of primary sulfonamides is 1. The summed E-state index contributed by atoms with van der Waals surface area (Å²) in [6.45, 7) is -0.727. The van der Waals surface area contributed by atoms with Gasteiger partial charge in [0.05, 0.1) is 48.7 Å². The van der Waals surface area contributed by atoms with E-state index in [9.17, 15) is 21.9 Å². The third-order valence-electron chi connectivity index (χ3n) is 8.85. The number of nitrogens with zero attached hydrogens (tertiary/aromatic N) is 5. The quantitative estimate of drug-likeness (QED) is 0.0922. The topological polar surface area (TPSA) is 269 Å². The van der Waals surface area contributed by atoms with E-state index in [1.807, 2.05) is 0 Å². The first kappa shape index (κ1) is 36.6. The van der Waals surface area contributed by atoms with E-state index < -0.39 is 48.3 Å². The van der Waals surface area contributed by atoms with Crippen molar-refractivity contribution in [2.45, 2.75) is 36.2 Å². The van der Waals surface area contributed by atoms with Gasteiger partial charge in [-0.3, -0.25) is 0 Å². The Bertz CT molecular complexity index is 2360. The number of anilines is 1. The normalized spacial score (nSPS) is 18.5. The van der Waals surface area contributed by atoms with Crippen molar-refractivity contribution in [2.24, 2.45) is 10.9 Å². The van der Waals surface area contributed by atoms with E-state index in [1.54, 1.807) is 73.8 Å². The van der Waals surface area contributed by atoms with Gasteiger partial charge in [0, 0.05) is 18.2 Å². The first-order valence-corrected chi connectivity index (χ1v) is 19.0. The van der Waals surface area contributed by atoms with Crippen molar-refractivity contribution in [3.05, 3.63) is 106 Å². The highest BCUT2D eigenvalue weighted by Crippen LogP contribution is 2.52. The van der Waals surface area contributed by atoms with Crippen LogP contribution in [0.3, 0.4) is 0 Å². The minimum atomic E-state index is -4.76. The molecule has 19 heteroatoms. The summed E-state index contributed by atoms with van der Waals surface area (Å²) in [5.74, 6) is 1.09. The molecule has 0 radical (unpaired) electrons. The number of H-pyrrole nitrogens is 1. The number of fused-ring (bicyclic) bond motifs is 1. The van der Waals surface area contributed by atoms with E-state index >= 15 is 0 Å². The van der Waals surface area contributed by atoms with Gasteiger partial charge in [0.25, 0.3) is 0 Å². The van der Waals surface area contributed by atoms with Gasteiger partial charge < -0.3 is 31.0 Å². The number of hydrogen-bond donors (Lipinski definition) is 6. The molecule has 274 valence electrons. The van der Waals surface area contributed by atoms with Gasteiger partial charge in [-0.1, -0.05) is 42.5 Å². The molecule has 5 aromatic rings. The standard InChI is InChI=1S/C33H38N10O7S2/c1-49-23-10-6-20(7-11-23)17-37-52(47,48)30-28(51(36,45)46)15-14-26(25-4-3-5-27-29(25)39-32(35)38-27)33(30,16-22(34)19-44)31-40-42-43(41-31)18-21-8-12-24(50-2)13-9-21/h3-15,22,30,37,44H,16-19,34H2,1-2H3,(H3,35,38,39)(H2,36,45,46)/t22?,30-,33?/m0/s1. The number of rotatable bonds is 14. The van der Waals surface area contributed by atoms with E-state index in [2.05, 4.69) is 30.1 Å². The monoisotopic (exact) mass is 750 g/mol. The number of para-hydroxylation sites is 1. The lowest BCUT2D eigenvalue weighted by atomic mass is 9.67. The van der Waals surface area contributed by atoms with Gasteiger partial charge in [-0.15, -0.1) is 10.2 Å². The number of aliphatic hydroxyl groups excluding tert-OH is 1. The number of methoxy groups -OCH3 is 2. The molecule has 17 nitrogen and oxygen atoms in total. The summed E-state index contributed by atoms with van der Waals surface area (Å²) in [5, 5.41) is 27.4. The molecule has 2 aromatic heterocycles. The minimum Gasteiger partial charge on any atom is -0.497 e. The zero-order valence-electron chi connectivity index (χ0n) is 28.2. The molecule has 2 unspecified atom stereocenters. The summed E-state index contributed by atoms with van der Waals surface area (Å²) in [4.78, 5) is 8.02. The third kappa shape index (κ3) is 7.14. The highest BCUT2D eigenvalue weighted by Gasteiger charge is 2.59. The number of nitrogens with one attached hydrogen (secondary N) is 2. The van der Waals surface area contributed by atoms with E-state index in [0.29, 0.717) is 33.7 Å². The van der Waals surface area contributed by atoms with Crippen LogP contribution in [0.15, 0.2) is 83.8 Å². The van der Waals surface area contributed by atoms with Crippen LogP contribution in [0.1, 0.15) is 28.9 Å². The first-order chi connectivity index (χ1) is 24.8. The number of hydrogen-bond acceptors (Lipinski definition) is 13. The molecule has 3 atom stereocenters. The smallest absolute Gasteiger partial charge is 0.235 e. The Morgan fingerprint density at radius 2 is 1.63 bits per heavy atom. The third-order valence-corrected chi connectivity index (χ3v) is 11.9. The van der Waals surface area contributed by atoms with Gasteiger partial charge in [0.2, 0.25) is 20.0 Å². The highest BCUT2D eigenvalue weighted by atomic mass is 32.2. The Morgan fingerprint density at radius 1 is 0.981 bits per heavy atom. The van der Waals surface area contributed by atoms with Gasteiger partial charge in [-0.2, -0.15) is 4.80 Å². The van der Waals surface area contributed by atoms with Crippen LogP contribution < -0.4 is 30.8 Å². The van der Waals surface area contributed by atoms with Crippen LogP contribution in [0.5, 0.6) is 11.5 Å². The fraction of sp³-hybridized carbons (Fsp3) is 0.273. The maximum Gasteiger partial charge on any atom is 0.235 e. The molecule has 0 aliphatic heterocycles. The minimum absolute atomic E-state index is 0.0891. The van der Waals surface area contributed by atoms with Crippen LogP contribution in [0.4, 0.5) is 5.95 Å². The average molecular weight is 751 g/mol. The molecule has 9 N–H and O–H groups in total. The zero-order valence-corrected chi connectivity index (χ0v) is 29.8. The van der Waals surface area contributed by atoms with Crippen molar-refractivity contribution in [1.29, 1.82) is 0 Å². The lowest BCUT2D eigenvalue weighted by Crippen LogP contribution is -2.56. The molecule has 0 fully saturated rings. The SMILES string of the molecule is COc1ccc(CNS(=O)(=O)[C@H]2C(S(N)(=O)=O)=CC=C(c3cccc4[nH]c(N)nc34)C2(CC(N)CO)c2nnn(Cc3ccc(OC)cc3)n2)cc1. The van der Waals surface area contributed by atoms with E-state index in [0.717, 1.165) is 11.6 Å². The largest absolute Gasteiger partial charge is 0.497 e. The summed E-state index contributed by atoms with van der Waals surface area (Å²) in [6.07, 6.45) is 2.20. The number of sulfonamides is 2. The summed E-state index contributed by atoms with van der Waals surface area (Å²) in [5.41, 5.74) is 13.3. The van der Waals surface area contributed by atoms with E-state index in [4.69, 9.17) is 26.1 Å². The van der Waals surface area contributed by atoms with Gasteiger partial charge >= 0.3 is 0 Å². The summed E-state index contributed by atoms with van der Waals surface area (Å²) < 4.78 is 69.5. The molecular formula is C33H38N10O7S2. The van der Waals surface area contributed by atoms with E-state index in [-0.39, 0.29) is 36.9 Å². The number of imidazole rings is 1. The van der Waals surface area contributed by atoms with Crippen LogP contribution in [-0.4, -0.2) is 84.2 Å². The molecule has 2 heterocycles. The summed E-state index contributed by atoms with van der Waals surface area (Å²) in [6, 6.07) is 17.7. The highest BCUT2D eigenvalue weighted by molar-refractivity contribution is 7.96. The zero-order chi connectivity index (χ0) is 37.3. The summed E-state index contributed by atoms with van der Waals surface area (Å²) >= 11 is 0. The lowest BCUT2D eigenvalue weighted by molar-refractivity contribution is 0.243. The number of aromatic amines is 1. The number of allylic oxidation sites excluding steroid dienone is 3. The average Bonchev–Trinajstić information content (AvgIpc) is 3.76. The molecular weight excluding hydrogens is 713 g/mol. The molecule has 0 saturated heterocycles. The van der Waals surface area contributed by atoms with Crippen LogP contribution in [0, 0.1) is 0 Å². The number of benzene rings is 3.